The summed E-state index contributed by atoms with van der Waals surface area (Å²) in [5, 5.41) is 6.90. The standard InChI is InChI=1S/C18H21F3N4O/c1-13-3-2-4-15(11-13)22-14-5-8-24(9-6-14)17(26)12-25-10-7-16(23-25)18(19,20)21/h2-4,7,10-11,14,22H,5-6,8-9,12H2,1H3. The summed E-state index contributed by atoms with van der Waals surface area (Å²) in [5.41, 5.74) is 1.26. The molecule has 8 heteroatoms. The van der Waals surface area contributed by atoms with Crippen molar-refractivity contribution in [1.82, 2.24) is 14.7 Å². The van der Waals surface area contributed by atoms with Gasteiger partial charge in [-0.1, -0.05) is 12.1 Å². The maximum atomic E-state index is 12.6. The molecule has 1 aliphatic rings. The minimum absolute atomic E-state index is 0.175. The Morgan fingerprint density at radius 2 is 2.00 bits per heavy atom. The first-order chi connectivity index (χ1) is 12.3. The molecule has 0 spiro atoms. The highest BCUT2D eigenvalue weighted by atomic mass is 19.4. The summed E-state index contributed by atoms with van der Waals surface area (Å²) in [6.07, 6.45) is -1.71. The average molecular weight is 366 g/mol. The Kier molecular flexibility index (Phi) is 5.20. The van der Waals surface area contributed by atoms with Crippen LogP contribution in [0.5, 0.6) is 0 Å². The van der Waals surface area contributed by atoms with Crippen molar-refractivity contribution in [2.45, 2.75) is 38.5 Å². The van der Waals surface area contributed by atoms with Crippen LogP contribution in [-0.4, -0.2) is 39.7 Å². The number of halogens is 3. The second-order valence-electron chi connectivity index (χ2n) is 6.57. The number of benzene rings is 1. The summed E-state index contributed by atoms with van der Waals surface area (Å²) in [4.78, 5) is 14.0. The van der Waals surface area contributed by atoms with E-state index in [1.165, 1.54) is 11.8 Å². The molecule has 0 bridgehead atoms. The van der Waals surface area contributed by atoms with Gasteiger partial charge in [0.2, 0.25) is 5.91 Å². The van der Waals surface area contributed by atoms with Crippen LogP contribution in [0, 0.1) is 6.92 Å². The topological polar surface area (TPSA) is 50.2 Å². The third kappa shape index (κ3) is 4.56. The maximum Gasteiger partial charge on any atom is 0.435 e. The molecule has 0 radical (unpaired) electrons. The molecule has 0 aliphatic carbocycles. The molecule has 1 amide bonds. The predicted molar refractivity (Wildman–Crippen MR) is 91.6 cm³/mol. The first kappa shape index (κ1) is 18.3. The lowest BCUT2D eigenvalue weighted by Gasteiger charge is -2.33. The highest BCUT2D eigenvalue weighted by molar-refractivity contribution is 5.76. The van der Waals surface area contributed by atoms with Crippen LogP contribution in [-0.2, 0) is 17.5 Å². The van der Waals surface area contributed by atoms with E-state index in [0.717, 1.165) is 29.3 Å². The van der Waals surface area contributed by atoms with Gasteiger partial charge in [-0.05, 0) is 43.5 Å². The lowest BCUT2D eigenvalue weighted by molar-refractivity contribution is -0.142. The molecule has 1 aliphatic heterocycles. The number of likely N-dealkylation sites (tertiary alicyclic amines) is 1. The van der Waals surface area contributed by atoms with E-state index >= 15 is 0 Å². The lowest BCUT2D eigenvalue weighted by atomic mass is 10.0. The van der Waals surface area contributed by atoms with Gasteiger partial charge in [0, 0.05) is 31.0 Å². The van der Waals surface area contributed by atoms with E-state index in [1.54, 1.807) is 4.90 Å². The Morgan fingerprint density at radius 3 is 2.62 bits per heavy atom. The molecule has 1 fully saturated rings. The monoisotopic (exact) mass is 366 g/mol. The number of amides is 1. The Bertz CT molecular complexity index is 764. The van der Waals surface area contributed by atoms with Crippen LogP contribution in [0.3, 0.4) is 0 Å². The molecular weight excluding hydrogens is 345 g/mol. The molecule has 0 atom stereocenters. The summed E-state index contributed by atoms with van der Waals surface area (Å²) in [6.45, 7) is 3.02. The second-order valence-corrected chi connectivity index (χ2v) is 6.57. The van der Waals surface area contributed by atoms with Crippen LogP contribution in [0.2, 0.25) is 0 Å². The van der Waals surface area contributed by atoms with E-state index in [2.05, 4.69) is 16.5 Å². The summed E-state index contributed by atoms with van der Waals surface area (Å²) >= 11 is 0. The minimum Gasteiger partial charge on any atom is -0.382 e. The second kappa shape index (κ2) is 7.39. The van der Waals surface area contributed by atoms with E-state index in [1.807, 2.05) is 25.1 Å². The van der Waals surface area contributed by atoms with E-state index in [0.29, 0.717) is 13.1 Å². The van der Waals surface area contributed by atoms with Gasteiger partial charge in [0.25, 0.3) is 0 Å². The Balaban J connectivity index is 1.50. The number of nitrogens with one attached hydrogen (secondary N) is 1. The molecule has 3 rings (SSSR count). The van der Waals surface area contributed by atoms with Gasteiger partial charge in [-0.2, -0.15) is 18.3 Å². The number of alkyl halides is 3. The molecule has 0 unspecified atom stereocenters. The van der Waals surface area contributed by atoms with Crippen LogP contribution in [0.4, 0.5) is 18.9 Å². The first-order valence-electron chi connectivity index (χ1n) is 8.53. The molecule has 5 nitrogen and oxygen atoms in total. The van der Waals surface area contributed by atoms with Gasteiger partial charge in [0.05, 0.1) is 0 Å². The van der Waals surface area contributed by atoms with Gasteiger partial charge >= 0.3 is 6.18 Å². The molecule has 140 valence electrons. The molecule has 1 aromatic carbocycles. The van der Waals surface area contributed by atoms with Crippen molar-refractivity contribution in [3.8, 4) is 0 Å². The fraction of sp³-hybridized carbons (Fsp3) is 0.444. The van der Waals surface area contributed by atoms with Crippen LogP contribution in [0.1, 0.15) is 24.1 Å². The molecule has 2 heterocycles. The van der Waals surface area contributed by atoms with Crippen LogP contribution in [0.15, 0.2) is 36.5 Å². The Hall–Kier alpha value is -2.51. The number of rotatable bonds is 4. The smallest absolute Gasteiger partial charge is 0.382 e. The maximum absolute atomic E-state index is 12.6. The van der Waals surface area contributed by atoms with Gasteiger partial charge in [0.1, 0.15) is 6.54 Å². The Morgan fingerprint density at radius 1 is 1.27 bits per heavy atom. The van der Waals surface area contributed by atoms with Gasteiger partial charge in [-0.25, -0.2) is 0 Å². The van der Waals surface area contributed by atoms with E-state index in [9.17, 15) is 18.0 Å². The zero-order valence-electron chi connectivity index (χ0n) is 14.5. The number of aryl methyl sites for hydroxylation is 1. The van der Waals surface area contributed by atoms with E-state index in [-0.39, 0.29) is 18.5 Å². The van der Waals surface area contributed by atoms with Crippen molar-refractivity contribution in [3.05, 3.63) is 47.8 Å². The number of piperidine rings is 1. The fourth-order valence-corrected chi connectivity index (χ4v) is 3.08. The number of carbonyl (C=O) groups is 1. The van der Waals surface area contributed by atoms with Crippen molar-refractivity contribution in [2.24, 2.45) is 0 Å². The van der Waals surface area contributed by atoms with Crippen LogP contribution >= 0.6 is 0 Å². The van der Waals surface area contributed by atoms with Crippen LogP contribution < -0.4 is 5.32 Å². The van der Waals surface area contributed by atoms with Gasteiger partial charge in [0.15, 0.2) is 5.69 Å². The molecular formula is C18H21F3N4O. The SMILES string of the molecule is Cc1cccc(NC2CCN(C(=O)Cn3ccc(C(F)(F)F)n3)CC2)c1. The minimum atomic E-state index is -4.49. The number of carbonyl (C=O) groups excluding carboxylic acids is 1. The average Bonchev–Trinajstić information content (AvgIpc) is 3.04. The van der Waals surface area contributed by atoms with Crippen molar-refractivity contribution in [2.75, 3.05) is 18.4 Å². The number of nitrogens with zero attached hydrogens (tertiary/aromatic N) is 3. The van der Waals surface area contributed by atoms with Gasteiger partial charge < -0.3 is 10.2 Å². The summed E-state index contributed by atoms with van der Waals surface area (Å²) < 4.78 is 38.7. The molecule has 0 saturated carbocycles. The van der Waals surface area contributed by atoms with Gasteiger partial charge in [-0.15, -0.1) is 0 Å². The molecule has 1 N–H and O–H groups in total. The third-order valence-electron chi connectivity index (χ3n) is 4.46. The lowest BCUT2D eigenvalue weighted by Crippen LogP contribution is -2.43. The number of aromatic nitrogens is 2. The fourth-order valence-electron chi connectivity index (χ4n) is 3.08. The number of hydrogen-bond donors (Lipinski definition) is 1. The quantitative estimate of drug-likeness (QED) is 0.903. The predicted octanol–water partition coefficient (Wildman–Crippen LogP) is 3.31. The van der Waals surface area contributed by atoms with Crippen molar-refractivity contribution >= 4 is 11.6 Å². The summed E-state index contributed by atoms with van der Waals surface area (Å²) in [6, 6.07) is 9.28. The van der Waals surface area contributed by atoms with Crippen molar-refractivity contribution in [1.29, 1.82) is 0 Å². The zero-order chi connectivity index (χ0) is 18.7. The van der Waals surface area contributed by atoms with Gasteiger partial charge in [-0.3, -0.25) is 9.48 Å². The molecule has 2 aromatic rings. The molecule has 1 saturated heterocycles. The van der Waals surface area contributed by atoms with Crippen molar-refractivity contribution < 1.29 is 18.0 Å². The highest BCUT2D eigenvalue weighted by Gasteiger charge is 2.33. The van der Waals surface area contributed by atoms with E-state index in [4.69, 9.17) is 0 Å². The third-order valence-corrected chi connectivity index (χ3v) is 4.46. The zero-order valence-corrected chi connectivity index (χ0v) is 14.5. The largest absolute Gasteiger partial charge is 0.435 e. The first-order valence-corrected chi connectivity index (χ1v) is 8.53. The molecule has 1 aromatic heterocycles. The number of anilines is 1. The van der Waals surface area contributed by atoms with E-state index < -0.39 is 11.9 Å². The van der Waals surface area contributed by atoms with Crippen LogP contribution in [0.25, 0.3) is 0 Å². The number of hydrogen-bond acceptors (Lipinski definition) is 3. The Labute approximate surface area is 149 Å². The normalized spacial score (nSPS) is 15.9. The summed E-state index contributed by atoms with van der Waals surface area (Å²) in [7, 11) is 0. The van der Waals surface area contributed by atoms with Crippen molar-refractivity contribution in [3.63, 3.8) is 0 Å². The summed E-state index contributed by atoms with van der Waals surface area (Å²) in [5.74, 6) is -0.212. The highest BCUT2D eigenvalue weighted by Crippen LogP contribution is 2.27. The molecule has 26 heavy (non-hydrogen) atoms.